The molecule has 0 aliphatic carbocycles. The molecule has 2 heterocycles. The van der Waals surface area contributed by atoms with Crippen LogP contribution in [0.15, 0.2) is 97.2 Å². The maximum atomic E-state index is 13.9. The van der Waals surface area contributed by atoms with Crippen molar-refractivity contribution in [2.75, 3.05) is 6.54 Å². The summed E-state index contributed by atoms with van der Waals surface area (Å²) in [6, 6.07) is 25.9. The number of halogens is 3. The summed E-state index contributed by atoms with van der Waals surface area (Å²) in [7, 11) is 0. The fourth-order valence-electron chi connectivity index (χ4n) is 5.86. The topological polar surface area (TPSA) is 79.5 Å². The van der Waals surface area contributed by atoms with Gasteiger partial charge in [0.1, 0.15) is 0 Å². The highest BCUT2D eigenvalue weighted by Gasteiger charge is 2.46. The molecule has 1 aliphatic heterocycles. The second kappa shape index (κ2) is 12.7. The van der Waals surface area contributed by atoms with Crippen molar-refractivity contribution >= 4 is 22.7 Å². The number of nitrogens with zero attached hydrogens (tertiary/aromatic N) is 3. The van der Waals surface area contributed by atoms with E-state index in [1.54, 1.807) is 41.4 Å². The van der Waals surface area contributed by atoms with E-state index in [2.05, 4.69) is 4.98 Å². The van der Waals surface area contributed by atoms with Crippen LogP contribution in [0.25, 0.3) is 10.9 Å². The summed E-state index contributed by atoms with van der Waals surface area (Å²) in [5.41, 5.74) is 9.49. The van der Waals surface area contributed by atoms with Crippen LogP contribution in [-0.4, -0.2) is 57.4 Å². The number of para-hydroxylation sites is 1. The average molecular weight is 575 g/mol. The largest absolute Gasteiger partial charge is 0.471 e. The number of amides is 2. The number of nitrogens with two attached hydrogens (primary N) is 1. The normalized spacial score (nSPS) is 18.0. The van der Waals surface area contributed by atoms with Crippen LogP contribution in [0.5, 0.6) is 0 Å². The van der Waals surface area contributed by atoms with E-state index < -0.39 is 30.2 Å². The third-order valence-electron chi connectivity index (χ3n) is 7.93. The van der Waals surface area contributed by atoms with Gasteiger partial charge in [-0.3, -0.25) is 14.6 Å². The number of fused-ring (bicyclic) bond motifs is 1. The minimum absolute atomic E-state index is 0.197. The Labute approximate surface area is 242 Å². The quantitative estimate of drug-likeness (QED) is 0.310. The molecule has 0 radical (unpaired) electrons. The van der Waals surface area contributed by atoms with Crippen LogP contribution in [-0.2, 0) is 29.0 Å². The predicted octanol–water partition coefficient (Wildman–Crippen LogP) is 5.30. The Morgan fingerprint density at radius 1 is 0.929 bits per heavy atom. The summed E-state index contributed by atoms with van der Waals surface area (Å²) in [6.45, 7) is -0.0201. The average Bonchev–Trinajstić information content (AvgIpc) is 3.00. The lowest BCUT2D eigenvalue weighted by atomic mass is 9.89. The molecule has 1 fully saturated rings. The van der Waals surface area contributed by atoms with E-state index in [1.165, 1.54) is 0 Å². The number of pyridine rings is 1. The standard InChI is InChI=1S/C33H33F3N4O2/c34-33(35,36)32(42)40(22-25-15-17-38-30-14-8-7-13-28(25)30)26-16-18-39(27(21-26)19-23-9-3-1-4-10-23)31(41)29(37)20-24-11-5-2-6-12-24/h1-15,17,26-27,29H,16,18-22,37H2/t26-,27+,29+/m0/s1. The van der Waals surface area contributed by atoms with Gasteiger partial charge in [0, 0.05) is 36.8 Å². The molecule has 0 bridgehead atoms. The molecule has 0 saturated carbocycles. The van der Waals surface area contributed by atoms with Crippen LogP contribution >= 0.6 is 0 Å². The Balaban J connectivity index is 1.43. The highest BCUT2D eigenvalue weighted by molar-refractivity contribution is 5.85. The van der Waals surface area contributed by atoms with Gasteiger partial charge in [0.2, 0.25) is 5.91 Å². The van der Waals surface area contributed by atoms with Crippen molar-refractivity contribution < 1.29 is 22.8 Å². The molecule has 218 valence electrons. The number of aromatic nitrogens is 1. The Bertz CT molecular complexity index is 1510. The zero-order valence-corrected chi connectivity index (χ0v) is 23.1. The summed E-state index contributed by atoms with van der Waals surface area (Å²) in [4.78, 5) is 33.5. The van der Waals surface area contributed by atoms with Crippen molar-refractivity contribution in [3.05, 3.63) is 114 Å². The first-order valence-corrected chi connectivity index (χ1v) is 14.0. The third kappa shape index (κ3) is 6.79. The molecule has 1 aromatic heterocycles. The third-order valence-corrected chi connectivity index (χ3v) is 7.93. The van der Waals surface area contributed by atoms with Crippen LogP contribution < -0.4 is 5.73 Å². The molecule has 0 spiro atoms. The van der Waals surface area contributed by atoms with Gasteiger partial charge in [-0.1, -0.05) is 78.9 Å². The van der Waals surface area contributed by atoms with Gasteiger partial charge in [0.15, 0.2) is 0 Å². The zero-order valence-electron chi connectivity index (χ0n) is 23.1. The lowest BCUT2D eigenvalue weighted by molar-refractivity contribution is -0.190. The number of hydrogen-bond donors (Lipinski definition) is 1. The molecule has 42 heavy (non-hydrogen) atoms. The minimum atomic E-state index is -5.04. The molecular formula is C33H33F3N4O2. The smallest absolute Gasteiger partial charge is 0.338 e. The Morgan fingerprint density at radius 2 is 1.57 bits per heavy atom. The van der Waals surface area contributed by atoms with E-state index in [0.29, 0.717) is 29.3 Å². The summed E-state index contributed by atoms with van der Waals surface area (Å²) in [5, 5.41) is 0.695. The van der Waals surface area contributed by atoms with Crippen LogP contribution in [0.4, 0.5) is 13.2 Å². The summed E-state index contributed by atoms with van der Waals surface area (Å²) >= 11 is 0. The van der Waals surface area contributed by atoms with Crippen molar-refractivity contribution in [1.82, 2.24) is 14.8 Å². The van der Waals surface area contributed by atoms with E-state index in [0.717, 1.165) is 16.0 Å². The van der Waals surface area contributed by atoms with E-state index in [4.69, 9.17) is 5.73 Å². The van der Waals surface area contributed by atoms with Gasteiger partial charge >= 0.3 is 12.1 Å². The maximum Gasteiger partial charge on any atom is 0.471 e. The predicted molar refractivity (Wildman–Crippen MR) is 155 cm³/mol. The fourth-order valence-corrected chi connectivity index (χ4v) is 5.86. The number of carbonyl (C=O) groups excluding carboxylic acids is 2. The lowest BCUT2D eigenvalue weighted by Crippen LogP contribution is -2.58. The summed E-state index contributed by atoms with van der Waals surface area (Å²) in [6.07, 6.45) is -2.30. The van der Waals surface area contributed by atoms with Crippen LogP contribution in [0, 0.1) is 0 Å². The fraction of sp³-hybridized carbons (Fsp3) is 0.303. The van der Waals surface area contributed by atoms with Crippen molar-refractivity contribution in [2.24, 2.45) is 5.73 Å². The number of likely N-dealkylation sites (tertiary alicyclic amines) is 1. The monoisotopic (exact) mass is 574 g/mol. The van der Waals surface area contributed by atoms with E-state index >= 15 is 0 Å². The molecule has 3 atom stereocenters. The van der Waals surface area contributed by atoms with Gasteiger partial charge in [0.25, 0.3) is 0 Å². The van der Waals surface area contributed by atoms with Crippen molar-refractivity contribution in [1.29, 1.82) is 0 Å². The van der Waals surface area contributed by atoms with Gasteiger partial charge in [0.05, 0.1) is 11.6 Å². The Hall–Kier alpha value is -4.24. The van der Waals surface area contributed by atoms with Gasteiger partial charge in [-0.25, -0.2) is 0 Å². The first kappa shape index (κ1) is 29.3. The maximum absolute atomic E-state index is 13.9. The summed E-state index contributed by atoms with van der Waals surface area (Å²) in [5.74, 6) is -2.13. The Morgan fingerprint density at radius 3 is 2.26 bits per heavy atom. The van der Waals surface area contributed by atoms with E-state index in [1.807, 2.05) is 60.7 Å². The highest BCUT2D eigenvalue weighted by atomic mass is 19.4. The lowest BCUT2D eigenvalue weighted by Gasteiger charge is -2.44. The van der Waals surface area contributed by atoms with Crippen molar-refractivity contribution in [2.45, 2.75) is 56.5 Å². The van der Waals surface area contributed by atoms with E-state index in [9.17, 15) is 22.8 Å². The van der Waals surface area contributed by atoms with Crippen molar-refractivity contribution in [3.63, 3.8) is 0 Å². The minimum Gasteiger partial charge on any atom is -0.338 e. The molecule has 5 rings (SSSR count). The molecule has 4 aromatic rings. The molecular weight excluding hydrogens is 541 g/mol. The number of benzene rings is 3. The Kier molecular flexibility index (Phi) is 8.87. The molecule has 9 heteroatoms. The number of carbonyl (C=O) groups is 2. The zero-order chi connectivity index (χ0) is 29.7. The van der Waals surface area contributed by atoms with Crippen LogP contribution in [0.1, 0.15) is 29.5 Å². The number of alkyl halides is 3. The van der Waals surface area contributed by atoms with Gasteiger partial charge in [-0.15, -0.1) is 0 Å². The first-order valence-electron chi connectivity index (χ1n) is 14.0. The SMILES string of the molecule is N[C@H](Cc1ccccc1)C(=O)N1CC[C@H](N(Cc2ccnc3ccccc23)C(=O)C(F)(F)F)C[C@H]1Cc1ccccc1. The first-order chi connectivity index (χ1) is 20.2. The second-order valence-corrected chi connectivity index (χ2v) is 10.8. The summed E-state index contributed by atoms with van der Waals surface area (Å²) < 4.78 is 41.8. The van der Waals surface area contributed by atoms with E-state index in [-0.39, 0.29) is 31.8 Å². The highest BCUT2D eigenvalue weighted by Crippen LogP contribution is 2.31. The molecule has 6 nitrogen and oxygen atoms in total. The molecule has 1 aliphatic rings. The molecule has 3 aromatic carbocycles. The van der Waals surface area contributed by atoms with Crippen LogP contribution in [0.2, 0.25) is 0 Å². The van der Waals surface area contributed by atoms with Crippen molar-refractivity contribution in [3.8, 4) is 0 Å². The van der Waals surface area contributed by atoms with Crippen LogP contribution in [0.3, 0.4) is 0 Å². The van der Waals surface area contributed by atoms with Gasteiger partial charge < -0.3 is 15.5 Å². The molecule has 1 saturated heterocycles. The number of piperidine rings is 1. The second-order valence-electron chi connectivity index (χ2n) is 10.8. The molecule has 2 N–H and O–H groups in total. The number of hydrogen-bond acceptors (Lipinski definition) is 4. The molecule has 2 amide bonds. The van der Waals surface area contributed by atoms with Gasteiger partial charge in [-0.05, 0) is 54.5 Å². The van der Waals surface area contributed by atoms with Gasteiger partial charge in [-0.2, -0.15) is 13.2 Å². The number of rotatable bonds is 8. The molecule has 0 unspecified atom stereocenters.